The van der Waals surface area contributed by atoms with Gasteiger partial charge in [0, 0.05) is 15.2 Å². The van der Waals surface area contributed by atoms with Crippen molar-refractivity contribution in [1.29, 1.82) is 0 Å². The lowest BCUT2D eigenvalue weighted by molar-refractivity contribution is 0.670. The van der Waals surface area contributed by atoms with E-state index in [0.29, 0.717) is 0 Å². The van der Waals surface area contributed by atoms with Crippen molar-refractivity contribution < 1.29 is 0 Å². The molecule has 0 aliphatic heterocycles. The molecule has 2 aromatic rings. The molecule has 2 rings (SSSR count). The van der Waals surface area contributed by atoms with E-state index in [2.05, 4.69) is 50.6 Å². The first-order valence-electron chi connectivity index (χ1n) is 5.11. The lowest BCUT2D eigenvalue weighted by atomic mass is 9.89. The number of thiophene rings is 2. The van der Waals surface area contributed by atoms with Crippen LogP contribution in [0.3, 0.4) is 0 Å². The molecule has 0 spiro atoms. The normalized spacial score (nSPS) is 12.0. The van der Waals surface area contributed by atoms with E-state index in [1.54, 1.807) is 0 Å². The molecule has 80 valence electrons. The number of aryl methyl sites for hydroxylation is 2. The van der Waals surface area contributed by atoms with Crippen LogP contribution < -0.4 is 0 Å². The van der Waals surface area contributed by atoms with E-state index in [9.17, 15) is 0 Å². The fourth-order valence-electron chi connectivity index (χ4n) is 1.64. The highest BCUT2D eigenvalue weighted by molar-refractivity contribution is 7.12. The van der Waals surface area contributed by atoms with Crippen molar-refractivity contribution >= 4 is 22.7 Å². The maximum absolute atomic E-state index is 2.31. The van der Waals surface area contributed by atoms with Gasteiger partial charge in [-0.2, -0.15) is 0 Å². The highest BCUT2D eigenvalue weighted by Gasteiger charge is 2.25. The molecule has 0 saturated carbocycles. The third-order valence-corrected chi connectivity index (χ3v) is 5.44. The van der Waals surface area contributed by atoms with E-state index in [1.165, 1.54) is 20.9 Å². The second kappa shape index (κ2) is 3.76. The molecule has 15 heavy (non-hydrogen) atoms. The molecule has 0 radical (unpaired) electrons. The van der Waals surface area contributed by atoms with E-state index in [4.69, 9.17) is 0 Å². The van der Waals surface area contributed by atoms with Crippen LogP contribution in [0.2, 0.25) is 0 Å². The zero-order valence-corrected chi connectivity index (χ0v) is 11.3. The molecule has 2 heterocycles. The van der Waals surface area contributed by atoms with Crippen LogP contribution in [0.1, 0.15) is 34.7 Å². The van der Waals surface area contributed by atoms with Crippen LogP contribution >= 0.6 is 22.7 Å². The largest absolute Gasteiger partial charge is 0.148 e. The molecule has 0 aliphatic carbocycles. The van der Waals surface area contributed by atoms with Gasteiger partial charge in [0.2, 0.25) is 0 Å². The van der Waals surface area contributed by atoms with Crippen LogP contribution in [0.4, 0.5) is 0 Å². The lowest BCUT2D eigenvalue weighted by Gasteiger charge is -2.21. The fourth-order valence-corrected chi connectivity index (χ4v) is 3.78. The van der Waals surface area contributed by atoms with Gasteiger partial charge in [0.1, 0.15) is 0 Å². The molecule has 0 N–H and O–H groups in total. The number of rotatable bonds is 2. The molecule has 0 nitrogen and oxygen atoms in total. The predicted molar refractivity (Wildman–Crippen MR) is 70.2 cm³/mol. The fraction of sp³-hybridized carbons (Fsp3) is 0.385. The van der Waals surface area contributed by atoms with Crippen molar-refractivity contribution in [1.82, 2.24) is 0 Å². The van der Waals surface area contributed by atoms with Gasteiger partial charge >= 0.3 is 0 Å². The van der Waals surface area contributed by atoms with Crippen molar-refractivity contribution in [3.63, 3.8) is 0 Å². The quantitative estimate of drug-likeness (QED) is 0.705. The summed E-state index contributed by atoms with van der Waals surface area (Å²) in [5.74, 6) is 0. The third-order valence-electron chi connectivity index (χ3n) is 2.69. The molecule has 0 unspecified atom stereocenters. The van der Waals surface area contributed by atoms with E-state index >= 15 is 0 Å². The first kappa shape index (κ1) is 10.9. The average molecular weight is 236 g/mol. The van der Waals surface area contributed by atoms with E-state index < -0.39 is 0 Å². The van der Waals surface area contributed by atoms with E-state index in [1.807, 2.05) is 22.7 Å². The van der Waals surface area contributed by atoms with Crippen LogP contribution in [-0.2, 0) is 5.41 Å². The smallest absolute Gasteiger partial charge is 0.0334 e. The van der Waals surface area contributed by atoms with Gasteiger partial charge in [-0.3, -0.25) is 0 Å². The summed E-state index contributed by atoms with van der Waals surface area (Å²) >= 11 is 3.73. The van der Waals surface area contributed by atoms with Gasteiger partial charge in [-0.05, 0) is 47.9 Å². The van der Waals surface area contributed by atoms with Crippen molar-refractivity contribution in [2.75, 3.05) is 0 Å². The summed E-state index contributed by atoms with van der Waals surface area (Å²) in [7, 11) is 0. The standard InChI is InChI=1S/C13H16S2/c1-9-5-11(14-7-9)13(3,4)12-6-10(2)8-15-12/h5-8H,1-4H3. The first-order valence-corrected chi connectivity index (χ1v) is 6.87. The Morgan fingerprint density at radius 2 is 1.27 bits per heavy atom. The van der Waals surface area contributed by atoms with Crippen LogP contribution in [0.5, 0.6) is 0 Å². The van der Waals surface area contributed by atoms with Crippen LogP contribution in [0, 0.1) is 13.8 Å². The number of hydrogen-bond acceptors (Lipinski definition) is 2. The molecular weight excluding hydrogens is 220 g/mol. The zero-order valence-electron chi connectivity index (χ0n) is 9.63. The predicted octanol–water partition coefficient (Wildman–Crippen LogP) is 4.75. The zero-order chi connectivity index (χ0) is 11.1. The van der Waals surface area contributed by atoms with Gasteiger partial charge in [-0.25, -0.2) is 0 Å². The summed E-state index contributed by atoms with van der Waals surface area (Å²) in [6, 6.07) is 4.61. The summed E-state index contributed by atoms with van der Waals surface area (Å²) in [5, 5.41) is 4.47. The van der Waals surface area contributed by atoms with Crippen molar-refractivity contribution in [2.24, 2.45) is 0 Å². The SMILES string of the molecule is Cc1csc(C(C)(C)c2cc(C)cs2)c1. The highest BCUT2D eigenvalue weighted by atomic mass is 32.1. The topological polar surface area (TPSA) is 0 Å². The summed E-state index contributed by atoms with van der Waals surface area (Å²) in [6.07, 6.45) is 0. The Bertz CT molecular complexity index is 418. The molecule has 0 aliphatic rings. The molecule has 0 fully saturated rings. The summed E-state index contributed by atoms with van der Waals surface area (Å²) in [5.41, 5.74) is 2.91. The third kappa shape index (κ3) is 2.01. The molecular formula is C13H16S2. The summed E-state index contributed by atoms with van der Waals surface area (Å²) in [4.78, 5) is 2.92. The molecule has 2 aromatic heterocycles. The monoisotopic (exact) mass is 236 g/mol. The van der Waals surface area contributed by atoms with Gasteiger partial charge < -0.3 is 0 Å². The lowest BCUT2D eigenvalue weighted by Crippen LogP contribution is -2.15. The average Bonchev–Trinajstić information content (AvgIpc) is 2.74. The minimum atomic E-state index is 0.165. The summed E-state index contributed by atoms with van der Waals surface area (Å²) in [6.45, 7) is 8.94. The Labute approximate surface area is 99.6 Å². The van der Waals surface area contributed by atoms with Crippen molar-refractivity contribution in [3.8, 4) is 0 Å². The second-order valence-electron chi connectivity index (χ2n) is 4.60. The minimum absolute atomic E-state index is 0.165. The van der Waals surface area contributed by atoms with Crippen LogP contribution in [0.25, 0.3) is 0 Å². The Morgan fingerprint density at radius 3 is 1.53 bits per heavy atom. The molecule has 0 aromatic carbocycles. The molecule has 2 heteroatoms. The maximum Gasteiger partial charge on any atom is 0.0334 e. The Morgan fingerprint density at radius 1 is 0.867 bits per heavy atom. The van der Waals surface area contributed by atoms with E-state index in [-0.39, 0.29) is 5.41 Å². The molecule has 0 bridgehead atoms. The van der Waals surface area contributed by atoms with Gasteiger partial charge in [0.15, 0.2) is 0 Å². The Balaban J connectivity index is 2.42. The molecule has 0 saturated heterocycles. The Hall–Kier alpha value is -0.600. The van der Waals surface area contributed by atoms with Crippen LogP contribution in [-0.4, -0.2) is 0 Å². The first-order chi connectivity index (χ1) is 7.00. The summed E-state index contributed by atoms with van der Waals surface area (Å²) < 4.78 is 0. The Kier molecular flexibility index (Phi) is 2.73. The molecule has 0 amide bonds. The second-order valence-corrected chi connectivity index (χ2v) is 6.42. The number of hydrogen-bond donors (Lipinski definition) is 0. The van der Waals surface area contributed by atoms with Gasteiger partial charge in [0.05, 0.1) is 0 Å². The van der Waals surface area contributed by atoms with Gasteiger partial charge in [-0.15, -0.1) is 22.7 Å². The molecule has 0 atom stereocenters. The van der Waals surface area contributed by atoms with E-state index in [0.717, 1.165) is 0 Å². The van der Waals surface area contributed by atoms with Crippen LogP contribution in [0.15, 0.2) is 22.9 Å². The van der Waals surface area contributed by atoms with Gasteiger partial charge in [0.25, 0.3) is 0 Å². The maximum atomic E-state index is 2.31. The van der Waals surface area contributed by atoms with Crippen molar-refractivity contribution in [2.45, 2.75) is 33.1 Å². The van der Waals surface area contributed by atoms with Crippen molar-refractivity contribution in [3.05, 3.63) is 43.8 Å². The van der Waals surface area contributed by atoms with Gasteiger partial charge in [-0.1, -0.05) is 13.8 Å². The minimum Gasteiger partial charge on any atom is -0.148 e. The highest BCUT2D eigenvalue weighted by Crippen LogP contribution is 2.38.